The van der Waals surface area contributed by atoms with Crippen molar-refractivity contribution in [2.75, 3.05) is 11.9 Å². The van der Waals surface area contributed by atoms with Gasteiger partial charge < -0.3 is 19.9 Å². The van der Waals surface area contributed by atoms with E-state index in [0.717, 1.165) is 49.0 Å². The first-order valence-corrected chi connectivity index (χ1v) is 11.8. The molecular formula is C22H29NO6S. The maximum atomic E-state index is 13.2. The zero-order chi connectivity index (χ0) is 21.3. The first-order chi connectivity index (χ1) is 14.5. The molecular weight excluding hydrogens is 406 g/mol. The van der Waals surface area contributed by atoms with Crippen molar-refractivity contribution < 1.29 is 29.0 Å². The Morgan fingerprint density at radius 3 is 2.43 bits per heavy atom. The number of carboxylic acids is 1. The van der Waals surface area contributed by atoms with Crippen LogP contribution in [0.5, 0.6) is 0 Å². The molecule has 2 aliphatic heterocycles. The first kappa shape index (κ1) is 21.3. The van der Waals surface area contributed by atoms with Crippen LogP contribution in [0.1, 0.15) is 72.7 Å². The van der Waals surface area contributed by atoms with Crippen molar-refractivity contribution in [2.45, 2.75) is 76.9 Å². The average molecular weight is 436 g/mol. The number of carboxylic acid groups (broad SMARTS) is 1. The van der Waals surface area contributed by atoms with E-state index in [1.54, 1.807) is 6.92 Å². The van der Waals surface area contributed by atoms with Crippen molar-refractivity contribution in [3.05, 3.63) is 16.0 Å². The number of aryl methyl sites for hydroxylation is 1. The van der Waals surface area contributed by atoms with Gasteiger partial charge in [-0.25, -0.2) is 4.79 Å². The Hall–Kier alpha value is -1.93. The van der Waals surface area contributed by atoms with E-state index in [1.807, 2.05) is 0 Å². The Kier molecular flexibility index (Phi) is 6.43. The number of nitrogens with one attached hydrogen (secondary N) is 1. The van der Waals surface area contributed by atoms with Crippen LogP contribution in [-0.4, -0.2) is 41.8 Å². The number of fused-ring (bicyclic) bond motifs is 3. The highest BCUT2D eigenvalue weighted by molar-refractivity contribution is 7.17. The molecule has 164 valence electrons. The zero-order valence-corrected chi connectivity index (χ0v) is 18.1. The summed E-state index contributed by atoms with van der Waals surface area (Å²) in [6, 6.07) is 0. The number of rotatable bonds is 5. The minimum atomic E-state index is -0.998. The molecule has 0 saturated carbocycles. The highest BCUT2D eigenvalue weighted by Crippen LogP contribution is 2.45. The molecule has 4 atom stereocenters. The predicted molar refractivity (Wildman–Crippen MR) is 112 cm³/mol. The van der Waals surface area contributed by atoms with Crippen molar-refractivity contribution in [3.63, 3.8) is 0 Å². The van der Waals surface area contributed by atoms with Gasteiger partial charge in [-0.3, -0.25) is 9.59 Å². The number of anilines is 1. The van der Waals surface area contributed by atoms with E-state index >= 15 is 0 Å². The number of carbonyl (C=O) groups excluding carboxylic acids is 2. The van der Waals surface area contributed by atoms with Gasteiger partial charge in [0.2, 0.25) is 5.91 Å². The highest BCUT2D eigenvalue weighted by Gasteiger charge is 2.55. The Morgan fingerprint density at radius 2 is 1.73 bits per heavy atom. The third-order valence-electron chi connectivity index (χ3n) is 6.50. The van der Waals surface area contributed by atoms with Gasteiger partial charge in [-0.15, -0.1) is 11.3 Å². The largest absolute Gasteiger partial charge is 0.481 e. The molecule has 2 fully saturated rings. The maximum Gasteiger partial charge on any atom is 0.341 e. The van der Waals surface area contributed by atoms with Crippen LogP contribution in [0.3, 0.4) is 0 Å². The lowest BCUT2D eigenvalue weighted by molar-refractivity contribution is -0.147. The molecule has 0 unspecified atom stereocenters. The molecule has 2 N–H and O–H groups in total. The average Bonchev–Trinajstić information content (AvgIpc) is 3.40. The van der Waals surface area contributed by atoms with Crippen LogP contribution in [0.25, 0.3) is 0 Å². The van der Waals surface area contributed by atoms with Crippen molar-refractivity contribution in [1.82, 2.24) is 0 Å². The Labute approximate surface area is 180 Å². The summed E-state index contributed by atoms with van der Waals surface area (Å²) >= 11 is 1.44. The first-order valence-electron chi connectivity index (χ1n) is 11.0. The molecule has 0 aromatic carbocycles. The van der Waals surface area contributed by atoms with E-state index in [-0.39, 0.29) is 18.6 Å². The van der Waals surface area contributed by atoms with Gasteiger partial charge in [0, 0.05) is 4.88 Å². The van der Waals surface area contributed by atoms with Crippen molar-refractivity contribution in [2.24, 2.45) is 11.8 Å². The third kappa shape index (κ3) is 3.99. The number of hydrogen-bond acceptors (Lipinski definition) is 6. The van der Waals surface area contributed by atoms with Crippen molar-refractivity contribution in [1.29, 1.82) is 0 Å². The molecule has 3 heterocycles. The quantitative estimate of drug-likeness (QED) is 0.683. The van der Waals surface area contributed by atoms with Crippen molar-refractivity contribution in [3.8, 4) is 0 Å². The van der Waals surface area contributed by atoms with E-state index in [0.29, 0.717) is 23.4 Å². The summed E-state index contributed by atoms with van der Waals surface area (Å²) in [6.45, 7) is 2.03. The molecule has 3 aliphatic rings. The SMILES string of the molecule is CCOC(=O)c1c(NC(=O)[C@@H]2[C@@H](C(=O)O)[C@@H]3CC[C@@H]2O3)sc2c1CCCCCCC2. The molecule has 0 spiro atoms. The lowest BCUT2D eigenvalue weighted by atomic mass is 9.78. The van der Waals surface area contributed by atoms with Crippen LogP contribution < -0.4 is 5.32 Å². The summed E-state index contributed by atoms with van der Waals surface area (Å²) < 4.78 is 11.0. The summed E-state index contributed by atoms with van der Waals surface area (Å²) in [5.74, 6) is -3.35. The zero-order valence-electron chi connectivity index (χ0n) is 17.3. The fourth-order valence-electron chi connectivity index (χ4n) is 5.12. The number of ether oxygens (including phenoxy) is 2. The lowest BCUT2D eigenvalue weighted by Crippen LogP contribution is -2.41. The van der Waals surface area contributed by atoms with E-state index in [2.05, 4.69) is 5.32 Å². The molecule has 7 nitrogen and oxygen atoms in total. The molecule has 1 amide bonds. The van der Waals surface area contributed by atoms with E-state index < -0.39 is 29.9 Å². The van der Waals surface area contributed by atoms with Crippen LogP contribution >= 0.6 is 11.3 Å². The second-order valence-electron chi connectivity index (χ2n) is 8.37. The van der Waals surface area contributed by atoms with E-state index in [4.69, 9.17) is 9.47 Å². The molecule has 4 rings (SSSR count). The summed E-state index contributed by atoms with van der Waals surface area (Å²) in [7, 11) is 0. The van der Waals surface area contributed by atoms with Gasteiger partial charge in [0.25, 0.3) is 0 Å². The molecule has 0 radical (unpaired) electrons. The predicted octanol–water partition coefficient (Wildman–Crippen LogP) is 3.79. The number of hydrogen-bond donors (Lipinski definition) is 2. The van der Waals surface area contributed by atoms with Crippen molar-refractivity contribution >= 4 is 34.2 Å². The van der Waals surface area contributed by atoms with Crippen LogP contribution in [0.15, 0.2) is 0 Å². The maximum absolute atomic E-state index is 13.2. The van der Waals surface area contributed by atoms with Crippen LogP contribution in [0, 0.1) is 11.8 Å². The van der Waals surface area contributed by atoms with E-state index in [1.165, 1.54) is 17.8 Å². The van der Waals surface area contributed by atoms with Gasteiger partial charge in [-0.05, 0) is 51.0 Å². The molecule has 1 aromatic heterocycles. The standard InChI is InChI=1S/C22H29NO6S/c1-2-28-22(27)16-12-8-6-4-3-5-7-9-15(12)30-20(16)23-19(24)17-13-10-11-14(29-13)18(17)21(25)26/h13-14,17-18H,2-11H2,1H3,(H,23,24)(H,25,26)/t13-,14-,17-,18-/m0/s1. The fourth-order valence-corrected chi connectivity index (χ4v) is 6.40. The Morgan fingerprint density at radius 1 is 1.07 bits per heavy atom. The van der Waals surface area contributed by atoms with Gasteiger partial charge in [-0.1, -0.05) is 19.3 Å². The third-order valence-corrected chi connectivity index (χ3v) is 7.71. The minimum absolute atomic E-state index is 0.262. The van der Waals surface area contributed by atoms with Crippen LogP contribution in [-0.2, 0) is 31.9 Å². The number of aliphatic carboxylic acids is 1. The normalized spacial score (nSPS) is 28.2. The molecule has 8 heteroatoms. The summed E-state index contributed by atoms with van der Waals surface area (Å²) in [5.41, 5.74) is 1.46. The van der Waals surface area contributed by atoms with Crippen LogP contribution in [0.2, 0.25) is 0 Å². The lowest BCUT2D eigenvalue weighted by Gasteiger charge is -2.23. The fraction of sp³-hybridized carbons (Fsp3) is 0.682. The molecule has 1 aliphatic carbocycles. The summed E-state index contributed by atoms with van der Waals surface area (Å²) in [6.07, 6.45) is 7.83. The van der Waals surface area contributed by atoms with Gasteiger partial charge in [-0.2, -0.15) is 0 Å². The van der Waals surface area contributed by atoms with E-state index in [9.17, 15) is 19.5 Å². The molecule has 2 bridgehead atoms. The number of thiophene rings is 1. The van der Waals surface area contributed by atoms with Gasteiger partial charge in [0.1, 0.15) is 5.00 Å². The Balaban J connectivity index is 1.63. The van der Waals surface area contributed by atoms with Crippen LogP contribution in [0.4, 0.5) is 5.00 Å². The van der Waals surface area contributed by atoms with Gasteiger partial charge >= 0.3 is 11.9 Å². The Bertz CT molecular complexity index is 834. The number of esters is 1. The number of carbonyl (C=O) groups is 3. The monoisotopic (exact) mass is 435 g/mol. The second-order valence-corrected chi connectivity index (χ2v) is 9.47. The minimum Gasteiger partial charge on any atom is -0.481 e. The second kappa shape index (κ2) is 9.06. The molecule has 30 heavy (non-hydrogen) atoms. The van der Waals surface area contributed by atoms with Gasteiger partial charge in [0.05, 0.1) is 36.2 Å². The highest BCUT2D eigenvalue weighted by atomic mass is 32.1. The van der Waals surface area contributed by atoms with Gasteiger partial charge in [0.15, 0.2) is 0 Å². The summed E-state index contributed by atoms with van der Waals surface area (Å²) in [4.78, 5) is 38.8. The topological polar surface area (TPSA) is 102 Å². The smallest absolute Gasteiger partial charge is 0.341 e. The molecule has 1 aromatic rings. The molecule has 2 saturated heterocycles. The summed E-state index contributed by atoms with van der Waals surface area (Å²) in [5, 5.41) is 13.0. The number of amides is 1.